The van der Waals surface area contributed by atoms with Crippen molar-refractivity contribution >= 4 is 30.7 Å². The van der Waals surface area contributed by atoms with E-state index in [0.29, 0.717) is 25.0 Å². The maximum Gasteiger partial charge on any atom is 0.234 e. The van der Waals surface area contributed by atoms with Crippen molar-refractivity contribution in [1.29, 1.82) is 0 Å². The molecule has 0 bridgehead atoms. The molecule has 2 heterocycles. The van der Waals surface area contributed by atoms with E-state index in [9.17, 15) is 4.79 Å². The number of amides is 1. The highest BCUT2D eigenvalue weighted by Gasteiger charge is 2.23. The Morgan fingerprint density at radius 3 is 2.75 bits per heavy atom. The van der Waals surface area contributed by atoms with Gasteiger partial charge in [-0.3, -0.25) is 14.6 Å². The molecule has 2 saturated heterocycles. The summed E-state index contributed by atoms with van der Waals surface area (Å²) in [6.45, 7) is 14.4. The van der Waals surface area contributed by atoms with Gasteiger partial charge in [-0.15, -0.1) is 24.8 Å². The molecule has 2 aliphatic rings. The van der Waals surface area contributed by atoms with Gasteiger partial charge in [0.05, 0.1) is 19.3 Å². The Morgan fingerprint density at radius 2 is 2.08 bits per heavy atom. The Kier molecular flexibility index (Phi) is 12.2. The largest absolute Gasteiger partial charge is 0.374 e. The molecule has 6 nitrogen and oxygen atoms in total. The number of hydrogen-bond donors (Lipinski definition) is 2. The molecular weight excluding hydrogens is 351 g/mol. The van der Waals surface area contributed by atoms with E-state index >= 15 is 0 Å². The predicted octanol–water partition coefficient (Wildman–Crippen LogP) is 0.597. The minimum Gasteiger partial charge on any atom is -0.374 e. The van der Waals surface area contributed by atoms with Crippen LogP contribution in [0.5, 0.6) is 0 Å². The van der Waals surface area contributed by atoms with Crippen LogP contribution in [-0.4, -0.2) is 86.8 Å². The van der Waals surface area contributed by atoms with Gasteiger partial charge >= 0.3 is 0 Å². The van der Waals surface area contributed by atoms with E-state index in [-0.39, 0.29) is 36.8 Å². The lowest BCUT2D eigenvalue weighted by molar-refractivity contribution is -0.124. The summed E-state index contributed by atoms with van der Waals surface area (Å²) in [4.78, 5) is 16.8. The second-order valence-corrected chi connectivity index (χ2v) is 6.97. The second-order valence-electron chi connectivity index (χ2n) is 6.97. The molecule has 2 N–H and O–H groups in total. The molecule has 0 aromatic heterocycles. The summed E-state index contributed by atoms with van der Waals surface area (Å²) in [5.74, 6) is 0.779. The van der Waals surface area contributed by atoms with Crippen LogP contribution in [-0.2, 0) is 9.53 Å². The van der Waals surface area contributed by atoms with Crippen LogP contribution in [0.15, 0.2) is 0 Å². The van der Waals surface area contributed by atoms with Gasteiger partial charge in [0.1, 0.15) is 0 Å². The van der Waals surface area contributed by atoms with E-state index in [0.717, 1.165) is 45.9 Å². The highest BCUT2D eigenvalue weighted by atomic mass is 35.5. The number of nitrogens with one attached hydrogen (secondary N) is 2. The van der Waals surface area contributed by atoms with Crippen molar-refractivity contribution in [2.24, 2.45) is 5.92 Å². The van der Waals surface area contributed by atoms with Crippen molar-refractivity contribution < 1.29 is 9.53 Å². The van der Waals surface area contributed by atoms with Gasteiger partial charge in [-0.2, -0.15) is 0 Å². The first kappa shape index (κ1) is 23.9. The fourth-order valence-corrected chi connectivity index (χ4v) is 3.17. The van der Waals surface area contributed by atoms with Gasteiger partial charge in [0.15, 0.2) is 0 Å². The number of rotatable bonds is 6. The van der Waals surface area contributed by atoms with E-state index in [2.05, 4.69) is 41.2 Å². The van der Waals surface area contributed by atoms with Crippen molar-refractivity contribution in [3.05, 3.63) is 0 Å². The quantitative estimate of drug-likeness (QED) is 0.701. The van der Waals surface area contributed by atoms with E-state index in [1.807, 2.05) is 0 Å². The average Bonchev–Trinajstić information content (AvgIpc) is 2.47. The van der Waals surface area contributed by atoms with Crippen molar-refractivity contribution in [3.63, 3.8) is 0 Å². The van der Waals surface area contributed by atoms with Crippen LogP contribution in [0.1, 0.15) is 20.8 Å². The summed E-state index contributed by atoms with van der Waals surface area (Å²) in [6.07, 6.45) is 0.122. The first-order chi connectivity index (χ1) is 10.5. The van der Waals surface area contributed by atoms with Crippen molar-refractivity contribution in [1.82, 2.24) is 20.4 Å². The molecule has 0 saturated carbocycles. The predicted molar refractivity (Wildman–Crippen MR) is 102 cm³/mol. The Balaban J connectivity index is 0.00000264. The third-order valence-corrected chi connectivity index (χ3v) is 4.36. The summed E-state index contributed by atoms with van der Waals surface area (Å²) in [5, 5.41) is 6.38. The topological polar surface area (TPSA) is 56.8 Å². The first-order valence-corrected chi connectivity index (χ1v) is 8.60. The molecule has 0 aromatic carbocycles. The average molecular weight is 385 g/mol. The summed E-state index contributed by atoms with van der Waals surface area (Å²) in [6, 6.07) is 0.423. The van der Waals surface area contributed by atoms with Crippen LogP contribution >= 0.6 is 24.8 Å². The van der Waals surface area contributed by atoms with E-state index in [4.69, 9.17) is 4.74 Å². The maximum atomic E-state index is 12.1. The normalized spacial score (nSPS) is 25.7. The number of ether oxygens (including phenoxy) is 1. The summed E-state index contributed by atoms with van der Waals surface area (Å²) >= 11 is 0. The molecular formula is C16H34Cl2N4O2. The van der Waals surface area contributed by atoms with E-state index < -0.39 is 0 Å². The Morgan fingerprint density at radius 1 is 1.33 bits per heavy atom. The molecule has 2 rings (SSSR count). The Hall–Kier alpha value is -0.110. The zero-order valence-corrected chi connectivity index (χ0v) is 16.8. The fraction of sp³-hybridized carbons (Fsp3) is 0.938. The molecule has 0 aliphatic carbocycles. The number of carbonyl (C=O) groups is 1. The molecule has 8 heteroatoms. The molecule has 144 valence electrons. The van der Waals surface area contributed by atoms with Gasteiger partial charge < -0.3 is 15.4 Å². The zero-order valence-electron chi connectivity index (χ0n) is 15.1. The maximum absolute atomic E-state index is 12.1. The Bertz CT molecular complexity index is 361. The molecule has 0 aromatic rings. The van der Waals surface area contributed by atoms with Gasteiger partial charge in [0.2, 0.25) is 5.91 Å². The molecule has 0 spiro atoms. The molecule has 24 heavy (non-hydrogen) atoms. The van der Waals surface area contributed by atoms with Crippen LogP contribution in [0, 0.1) is 5.92 Å². The Labute approximate surface area is 158 Å². The molecule has 1 amide bonds. The molecule has 2 fully saturated rings. The molecule has 2 atom stereocenters. The SMILES string of the molecule is CC(C)CN1CCOC(CNC(=O)CN2CCNC[C@@H]2C)C1.Cl.Cl. The molecule has 0 radical (unpaired) electrons. The van der Waals surface area contributed by atoms with Crippen molar-refractivity contribution in [2.45, 2.75) is 32.9 Å². The monoisotopic (exact) mass is 384 g/mol. The standard InChI is InChI=1S/C16H32N4O2.2ClH/c1-13(2)10-19-6-7-22-15(11-19)9-18-16(21)12-20-5-4-17-8-14(20)3;;/h13-15,17H,4-12H2,1-3H3,(H,18,21);2*1H/t14-,15?;;/m0../s1. The minimum absolute atomic E-state index is 0. The fourth-order valence-electron chi connectivity index (χ4n) is 3.17. The lowest BCUT2D eigenvalue weighted by Crippen LogP contribution is -2.54. The van der Waals surface area contributed by atoms with Crippen molar-refractivity contribution in [3.8, 4) is 0 Å². The lowest BCUT2D eigenvalue weighted by atomic mass is 10.2. The van der Waals surface area contributed by atoms with Gasteiger partial charge in [0.25, 0.3) is 0 Å². The van der Waals surface area contributed by atoms with Crippen LogP contribution in [0.3, 0.4) is 0 Å². The number of nitrogens with zero attached hydrogens (tertiary/aromatic N) is 2. The number of carbonyl (C=O) groups excluding carboxylic acids is 1. The smallest absolute Gasteiger partial charge is 0.234 e. The van der Waals surface area contributed by atoms with Gasteiger partial charge in [-0.05, 0) is 12.8 Å². The van der Waals surface area contributed by atoms with Gasteiger partial charge in [-0.25, -0.2) is 0 Å². The van der Waals surface area contributed by atoms with Gasteiger partial charge in [-0.1, -0.05) is 13.8 Å². The molecule has 2 aliphatic heterocycles. The number of hydrogen-bond acceptors (Lipinski definition) is 5. The zero-order chi connectivity index (χ0) is 15.9. The van der Waals surface area contributed by atoms with E-state index in [1.165, 1.54) is 0 Å². The van der Waals surface area contributed by atoms with E-state index in [1.54, 1.807) is 0 Å². The number of halogens is 2. The van der Waals surface area contributed by atoms with Crippen LogP contribution in [0.2, 0.25) is 0 Å². The van der Waals surface area contributed by atoms with Crippen LogP contribution in [0.25, 0.3) is 0 Å². The minimum atomic E-state index is 0. The summed E-state index contributed by atoms with van der Waals surface area (Å²) < 4.78 is 5.77. The summed E-state index contributed by atoms with van der Waals surface area (Å²) in [7, 11) is 0. The van der Waals surface area contributed by atoms with Crippen LogP contribution < -0.4 is 10.6 Å². The van der Waals surface area contributed by atoms with Crippen molar-refractivity contribution in [2.75, 3.05) is 59.0 Å². The van der Waals surface area contributed by atoms with Crippen LogP contribution in [0.4, 0.5) is 0 Å². The summed E-state index contributed by atoms with van der Waals surface area (Å²) in [5.41, 5.74) is 0. The molecule has 1 unspecified atom stereocenters. The first-order valence-electron chi connectivity index (χ1n) is 8.60. The van der Waals surface area contributed by atoms with Gasteiger partial charge in [0, 0.05) is 51.9 Å². The second kappa shape index (κ2) is 12.3. The lowest BCUT2D eigenvalue weighted by Gasteiger charge is -2.35. The number of piperazine rings is 1. The third-order valence-electron chi connectivity index (χ3n) is 4.36. The highest BCUT2D eigenvalue weighted by molar-refractivity contribution is 5.85. The third kappa shape index (κ3) is 8.32. The number of morpholine rings is 1. The highest BCUT2D eigenvalue weighted by Crippen LogP contribution is 2.07.